The van der Waals surface area contributed by atoms with Crippen LogP contribution >= 0.6 is 0 Å². The molecule has 0 fully saturated rings. The van der Waals surface area contributed by atoms with Crippen LogP contribution in [0.1, 0.15) is 26.2 Å². The molecule has 17 heavy (non-hydrogen) atoms. The fourth-order valence-electron chi connectivity index (χ4n) is 1.62. The van der Waals surface area contributed by atoms with Crippen LogP contribution in [0.25, 0.3) is 0 Å². The highest BCUT2D eigenvalue weighted by atomic mass is 16.5. The van der Waals surface area contributed by atoms with Crippen molar-refractivity contribution in [3.05, 3.63) is 18.2 Å². The maximum atomic E-state index is 8.66. The van der Waals surface area contributed by atoms with Crippen LogP contribution in [0.5, 0.6) is 5.75 Å². The summed E-state index contributed by atoms with van der Waals surface area (Å²) in [4.78, 5) is 0. The highest BCUT2D eigenvalue weighted by Gasteiger charge is 1.99. The van der Waals surface area contributed by atoms with Gasteiger partial charge in [-0.05, 0) is 32.3 Å². The van der Waals surface area contributed by atoms with Crippen molar-refractivity contribution in [1.29, 1.82) is 0 Å². The van der Waals surface area contributed by atoms with Crippen LogP contribution in [0.4, 0.5) is 11.4 Å². The minimum atomic E-state index is 0.271. The van der Waals surface area contributed by atoms with Gasteiger partial charge in [0.1, 0.15) is 5.75 Å². The number of unbranched alkanes of at least 4 members (excludes halogenated alkanes) is 2. The van der Waals surface area contributed by atoms with Gasteiger partial charge in [-0.3, -0.25) is 0 Å². The number of nitrogens with two attached hydrogens (primary N) is 1. The van der Waals surface area contributed by atoms with E-state index in [1.54, 1.807) is 0 Å². The van der Waals surface area contributed by atoms with Gasteiger partial charge in [0.2, 0.25) is 0 Å². The molecule has 0 atom stereocenters. The highest BCUT2D eigenvalue weighted by molar-refractivity contribution is 5.59. The van der Waals surface area contributed by atoms with Gasteiger partial charge in [-0.15, -0.1) is 0 Å². The molecule has 4 heteroatoms. The standard InChI is InChI=1S/C13H22N2O2/c1-2-17-13-9-11(14)8-12(10-13)15-6-4-3-5-7-16/h8-10,15-16H,2-7,14H2,1H3. The number of anilines is 2. The van der Waals surface area contributed by atoms with E-state index < -0.39 is 0 Å². The number of aliphatic hydroxyl groups excluding tert-OH is 1. The fraction of sp³-hybridized carbons (Fsp3) is 0.538. The molecule has 0 aromatic heterocycles. The highest BCUT2D eigenvalue weighted by Crippen LogP contribution is 2.22. The zero-order valence-corrected chi connectivity index (χ0v) is 10.4. The van der Waals surface area contributed by atoms with Crippen LogP contribution in [0.2, 0.25) is 0 Å². The largest absolute Gasteiger partial charge is 0.494 e. The maximum absolute atomic E-state index is 8.66. The Labute approximate surface area is 103 Å². The summed E-state index contributed by atoms with van der Waals surface area (Å²) in [6, 6.07) is 5.67. The average Bonchev–Trinajstić information content (AvgIpc) is 2.28. The molecule has 0 aliphatic carbocycles. The molecule has 0 heterocycles. The molecule has 0 aliphatic rings. The van der Waals surface area contributed by atoms with Crippen LogP contribution < -0.4 is 15.8 Å². The maximum Gasteiger partial charge on any atom is 0.123 e. The zero-order chi connectivity index (χ0) is 12.5. The van der Waals surface area contributed by atoms with E-state index in [9.17, 15) is 0 Å². The van der Waals surface area contributed by atoms with Gasteiger partial charge in [0.25, 0.3) is 0 Å². The van der Waals surface area contributed by atoms with Crippen molar-refractivity contribution in [2.75, 3.05) is 30.8 Å². The van der Waals surface area contributed by atoms with E-state index in [2.05, 4.69) is 5.32 Å². The van der Waals surface area contributed by atoms with Gasteiger partial charge in [-0.1, -0.05) is 0 Å². The number of nitrogen functional groups attached to an aromatic ring is 1. The normalized spacial score (nSPS) is 10.2. The van der Waals surface area contributed by atoms with E-state index in [0.29, 0.717) is 12.3 Å². The molecule has 0 bridgehead atoms. The summed E-state index contributed by atoms with van der Waals surface area (Å²) in [7, 11) is 0. The van der Waals surface area contributed by atoms with Crippen molar-refractivity contribution >= 4 is 11.4 Å². The second kappa shape index (κ2) is 7.79. The zero-order valence-electron chi connectivity index (χ0n) is 10.4. The SMILES string of the molecule is CCOc1cc(N)cc(NCCCCCO)c1. The Morgan fingerprint density at radius 1 is 1.24 bits per heavy atom. The minimum Gasteiger partial charge on any atom is -0.494 e. The van der Waals surface area contributed by atoms with Gasteiger partial charge in [0, 0.05) is 36.7 Å². The Morgan fingerprint density at radius 3 is 2.76 bits per heavy atom. The van der Waals surface area contributed by atoms with Crippen LogP contribution in [-0.2, 0) is 0 Å². The van der Waals surface area contributed by atoms with E-state index in [1.807, 2.05) is 25.1 Å². The quantitative estimate of drug-likeness (QED) is 0.480. The van der Waals surface area contributed by atoms with Gasteiger partial charge in [-0.25, -0.2) is 0 Å². The first kappa shape index (κ1) is 13.6. The third-order valence-electron chi connectivity index (χ3n) is 2.40. The number of benzene rings is 1. The molecule has 0 spiro atoms. The molecule has 4 nitrogen and oxygen atoms in total. The lowest BCUT2D eigenvalue weighted by Gasteiger charge is -2.10. The molecule has 1 aromatic carbocycles. The van der Waals surface area contributed by atoms with Crippen LogP contribution in [-0.4, -0.2) is 24.9 Å². The van der Waals surface area contributed by atoms with Crippen molar-refractivity contribution < 1.29 is 9.84 Å². The predicted octanol–water partition coefficient (Wildman–Crippen LogP) is 2.24. The first-order valence-corrected chi connectivity index (χ1v) is 6.14. The van der Waals surface area contributed by atoms with Gasteiger partial charge < -0.3 is 20.9 Å². The summed E-state index contributed by atoms with van der Waals surface area (Å²) in [5, 5.41) is 12.0. The van der Waals surface area contributed by atoms with Gasteiger partial charge in [0.15, 0.2) is 0 Å². The second-order valence-corrected chi connectivity index (χ2v) is 3.93. The summed E-state index contributed by atoms with van der Waals surface area (Å²) in [6.07, 6.45) is 2.94. The number of ether oxygens (including phenoxy) is 1. The van der Waals surface area contributed by atoms with Gasteiger partial charge >= 0.3 is 0 Å². The van der Waals surface area contributed by atoms with E-state index in [0.717, 1.165) is 37.2 Å². The molecular formula is C13H22N2O2. The predicted molar refractivity (Wildman–Crippen MR) is 71.4 cm³/mol. The first-order chi connectivity index (χ1) is 8.26. The molecule has 1 rings (SSSR count). The Balaban J connectivity index is 2.41. The molecule has 0 aliphatic heterocycles. The summed E-state index contributed by atoms with van der Waals surface area (Å²) >= 11 is 0. The van der Waals surface area contributed by atoms with Crippen LogP contribution in [0.15, 0.2) is 18.2 Å². The number of hydrogen-bond donors (Lipinski definition) is 3. The fourth-order valence-corrected chi connectivity index (χ4v) is 1.62. The molecule has 0 saturated carbocycles. The van der Waals surface area contributed by atoms with Crippen LogP contribution in [0, 0.1) is 0 Å². The number of rotatable bonds is 8. The Morgan fingerprint density at radius 2 is 2.06 bits per heavy atom. The third-order valence-corrected chi connectivity index (χ3v) is 2.40. The Kier molecular flexibility index (Phi) is 6.25. The molecule has 0 amide bonds. The topological polar surface area (TPSA) is 67.5 Å². The van der Waals surface area contributed by atoms with Crippen LogP contribution in [0.3, 0.4) is 0 Å². The summed E-state index contributed by atoms with van der Waals surface area (Å²) in [5.41, 5.74) is 7.47. The monoisotopic (exact) mass is 238 g/mol. The van der Waals surface area contributed by atoms with Crippen molar-refractivity contribution in [2.45, 2.75) is 26.2 Å². The number of hydrogen-bond acceptors (Lipinski definition) is 4. The van der Waals surface area contributed by atoms with Gasteiger partial charge in [0.05, 0.1) is 6.61 Å². The van der Waals surface area contributed by atoms with E-state index in [-0.39, 0.29) is 6.61 Å². The molecule has 0 saturated heterocycles. The van der Waals surface area contributed by atoms with Crippen molar-refractivity contribution in [1.82, 2.24) is 0 Å². The molecule has 96 valence electrons. The lowest BCUT2D eigenvalue weighted by atomic mass is 10.2. The summed E-state index contributed by atoms with van der Waals surface area (Å²) in [6.45, 7) is 3.74. The Bertz CT molecular complexity index is 329. The van der Waals surface area contributed by atoms with Crippen molar-refractivity contribution in [2.24, 2.45) is 0 Å². The Hall–Kier alpha value is -1.42. The van der Waals surface area contributed by atoms with Crippen molar-refractivity contribution in [3.63, 3.8) is 0 Å². The first-order valence-electron chi connectivity index (χ1n) is 6.14. The summed E-state index contributed by atoms with van der Waals surface area (Å²) < 4.78 is 5.42. The minimum absolute atomic E-state index is 0.271. The van der Waals surface area contributed by atoms with Crippen molar-refractivity contribution in [3.8, 4) is 5.75 Å². The third kappa shape index (κ3) is 5.45. The molecular weight excluding hydrogens is 216 g/mol. The molecule has 0 unspecified atom stereocenters. The lowest BCUT2D eigenvalue weighted by molar-refractivity contribution is 0.283. The van der Waals surface area contributed by atoms with Gasteiger partial charge in [-0.2, -0.15) is 0 Å². The average molecular weight is 238 g/mol. The van der Waals surface area contributed by atoms with E-state index in [4.69, 9.17) is 15.6 Å². The molecule has 1 aromatic rings. The van der Waals surface area contributed by atoms with E-state index in [1.165, 1.54) is 0 Å². The number of aliphatic hydroxyl groups is 1. The summed E-state index contributed by atoms with van der Waals surface area (Å²) in [5.74, 6) is 0.797. The molecule has 4 N–H and O–H groups in total. The second-order valence-electron chi connectivity index (χ2n) is 3.93. The molecule has 0 radical (unpaired) electrons. The smallest absolute Gasteiger partial charge is 0.123 e. The lowest BCUT2D eigenvalue weighted by Crippen LogP contribution is -2.03. The van der Waals surface area contributed by atoms with E-state index >= 15 is 0 Å². The number of nitrogens with one attached hydrogen (secondary N) is 1.